The maximum absolute atomic E-state index is 13.3. The number of allylic oxidation sites excluding steroid dienone is 1. The van der Waals surface area contributed by atoms with Gasteiger partial charge in [-0.1, -0.05) is 41.9 Å². The van der Waals surface area contributed by atoms with Crippen LogP contribution in [0.5, 0.6) is 11.5 Å². The van der Waals surface area contributed by atoms with E-state index in [1.165, 1.54) is 7.11 Å². The molecule has 0 saturated carbocycles. The van der Waals surface area contributed by atoms with Crippen molar-refractivity contribution in [3.8, 4) is 11.5 Å². The number of esters is 1. The molecule has 5 rings (SSSR count). The van der Waals surface area contributed by atoms with E-state index in [0.29, 0.717) is 17.2 Å². The molecule has 35 heavy (non-hydrogen) atoms. The smallest absolute Gasteiger partial charge is 0.344 e. The number of Topliss-reactive ketones (excluding diaryl/α,β-unsaturated/α-hetero) is 1. The van der Waals surface area contributed by atoms with E-state index in [2.05, 4.69) is 29.6 Å². The van der Waals surface area contributed by atoms with Crippen LogP contribution in [0.4, 0.5) is 5.69 Å². The molecule has 0 spiro atoms. The number of nitrogens with one attached hydrogen (secondary N) is 1. The molecule has 180 valence electrons. The minimum atomic E-state index is -0.491. The molecule has 1 atom stereocenters. The summed E-state index contributed by atoms with van der Waals surface area (Å²) in [5.41, 5.74) is 4.75. The summed E-state index contributed by atoms with van der Waals surface area (Å²) in [5.74, 6) is 0.292. The van der Waals surface area contributed by atoms with Crippen LogP contribution in [-0.2, 0) is 14.3 Å². The van der Waals surface area contributed by atoms with Gasteiger partial charge in [0.15, 0.2) is 23.9 Å². The number of methoxy groups -OCH3 is 1. The minimum absolute atomic E-state index is 0.139. The van der Waals surface area contributed by atoms with Gasteiger partial charge < -0.3 is 19.5 Å². The highest BCUT2D eigenvalue weighted by Crippen LogP contribution is 2.49. The van der Waals surface area contributed by atoms with Gasteiger partial charge in [0.2, 0.25) is 0 Å². The average Bonchev–Trinajstić information content (AvgIpc) is 2.87. The normalized spacial score (nSPS) is 16.9. The second-order valence-electron chi connectivity index (χ2n) is 8.58. The summed E-state index contributed by atoms with van der Waals surface area (Å²) in [4.78, 5) is 25.0. The summed E-state index contributed by atoms with van der Waals surface area (Å²) in [6.07, 6.45) is 2.19. The van der Waals surface area contributed by atoms with E-state index in [-0.39, 0.29) is 30.8 Å². The number of hydrogen-bond donors (Lipinski definition) is 1. The third-order valence-corrected chi connectivity index (χ3v) is 6.78. The molecule has 6 nitrogen and oxygen atoms in total. The number of hydrogen-bond acceptors (Lipinski definition) is 6. The second-order valence-corrected chi connectivity index (χ2v) is 8.99. The Bertz CT molecular complexity index is 1360. The third-order valence-electron chi connectivity index (χ3n) is 6.50. The van der Waals surface area contributed by atoms with Crippen LogP contribution >= 0.6 is 11.6 Å². The van der Waals surface area contributed by atoms with Crippen molar-refractivity contribution < 1.29 is 23.8 Å². The van der Waals surface area contributed by atoms with E-state index >= 15 is 0 Å². The van der Waals surface area contributed by atoms with Gasteiger partial charge in [0, 0.05) is 23.2 Å². The van der Waals surface area contributed by atoms with Crippen LogP contribution in [0.15, 0.2) is 54.1 Å². The number of benzene rings is 3. The summed E-state index contributed by atoms with van der Waals surface area (Å²) in [6, 6.07) is 15.6. The Morgan fingerprint density at radius 1 is 1.14 bits per heavy atom. The largest absolute Gasteiger partial charge is 0.493 e. The Morgan fingerprint density at radius 3 is 2.77 bits per heavy atom. The molecule has 3 aromatic rings. The zero-order valence-electron chi connectivity index (χ0n) is 19.7. The van der Waals surface area contributed by atoms with Gasteiger partial charge in [-0.3, -0.25) is 4.79 Å². The molecule has 1 heterocycles. The summed E-state index contributed by atoms with van der Waals surface area (Å²) in [5, 5.41) is 6.16. The monoisotopic (exact) mass is 491 g/mol. The Morgan fingerprint density at radius 2 is 1.97 bits per heavy atom. The van der Waals surface area contributed by atoms with Crippen LogP contribution < -0.4 is 14.8 Å². The number of fused-ring (bicyclic) bond motifs is 4. The average molecular weight is 492 g/mol. The molecule has 1 N–H and O–H groups in total. The van der Waals surface area contributed by atoms with E-state index in [4.69, 9.17) is 25.8 Å². The minimum Gasteiger partial charge on any atom is -0.493 e. The van der Waals surface area contributed by atoms with Gasteiger partial charge in [-0.25, -0.2) is 4.79 Å². The molecule has 3 aromatic carbocycles. The zero-order chi connectivity index (χ0) is 24.5. The van der Waals surface area contributed by atoms with Crippen molar-refractivity contribution in [3.05, 3.63) is 70.3 Å². The summed E-state index contributed by atoms with van der Waals surface area (Å²) in [7, 11) is 1.51. The Labute approximate surface area is 208 Å². The zero-order valence-corrected chi connectivity index (χ0v) is 20.4. The van der Waals surface area contributed by atoms with Crippen molar-refractivity contribution in [1.29, 1.82) is 0 Å². The maximum atomic E-state index is 13.3. The maximum Gasteiger partial charge on any atom is 0.344 e. The van der Waals surface area contributed by atoms with Crippen molar-refractivity contribution in [2.75, 3.05) is 25.6 Å². The lowest BCUT2D eigenvalue weighted by atomic mass is 9.77. The van der Waals surface area contributed by atoms with Crippen molar-refractivity contribution in [2.24, 2.45) is 0 Å². The molecule has 1 aliphatic carbocycles. The topological polar surface area (TPSA) is 73.9 Å². The van der Waals surface area contributed by atoms with E-state index in [9.17, 15) is 9.59 Å². The van der Waals surface area contributed by atoms with Gasteiger partial charge in [-0.15, -0.1) is 0 Å². The van der Waals surface area contributed by atoms with Gasteiger partial charge in [-0.2, -0.15) is 0 Å². The van der Waals surface area contributed by atoms with Crippen molar-refractivity contribution in [1.82, 2.24) is 0 Å². The van der Waals surface area contributed by atoms with Crippen molar-refractivity contribution >= 4 is 45.4 Å². The fraction of sp³-hybridized carbons (Fsp3) is 0.286. The first-order valence-electron chi connectivity index (χ1n) is 11.7. The van der Waals surface area contributed by atoms with Crippen LogP contribution in [0.2, 0.25) is 5.02 Å². The SMILES string of the molecule is CCOC(=O)COc1c(Cl)cc([C@@H]2Nc3ccc4ccccc4c3C3=C2C(=O)CCC3)cc1OC. The number of ether oxygens (including phenoxy) is 3. The van der Waals surface area contributed by atoms with Crippen molar-refractivity contribution in [2.45, 2.75) is 32.2 Å². The molecule has 0 radical (unpaired) electrons. The first kappa shape index (κ1) is 23.2. The molecule has 0 saturated heterocycles. The molecule has 0 bridgehead atoms. The van der Waals surface area contributed by atoms with Gasteiger partial charge in [-0.05, 0) is 59.9 Å². The number of halogens is 1. The molecule has 7 heteroatoms. The van der Waals surface area contributed by atoms with Gasteiger partial charge >= 0.3 is 5.97 Å². The number of carbonyl (C=O) groups excluding carboxylic acids is 2. The first-order valence-corrected chi connectivity index (χ1v) is 12.1. The van der Waals surface area contributed by atoms with E-state index < -0.39 is 5.97 Å². The third kappa shape index (κ3) is 4.23. The van der Waals surface area contributed by atoms with E-state index in [0.717, 1.165) is 51.6 Å². The van der Waals surface area contributed by atoms with Crippen molar-refractivity contribution in [3.63, 3.8) is 0 Å². The van der Waals surface area contributed by atoms with E-state index in [1.54, 1.807) is 13.0 Å². The molecule has 2 aliphatic rings. The standard InChI is InChI=1S/C28H26ClNO5/c1-3-34-24(32)15-35-28-20(29)13-17(14-23(28)33-2)27-26-19(9-6-10-22(26)31)25-18-8-5-4-7-16(18)11-12-21(25)30-27/h4-5,7-8,11-14,27,30H,3,6,9-10,15H2,1-2H3/t27-/m0/s1. The lowest BCUT2D eigenvalue weighted by Crippen LogP contribution is -2.27. The van der Waals surface area contributed by atoms with Gasteiger partial charge in [0.1, 0.15) is 0 Å². The van der Waals surface area contributed by atoms with Crippen LogP contribution in [0.1, 0.15) is 43.4 Å². The molecule has 1 aliphatic heterocycles. The summed E-state index contributed by atoms with van der Waals surface area (Å²) >= 11 is 6.60. The first-order chi connectivity index (χ1) is 17.0. The summed E-state index contributed by atoms with van der Waals surface area (Å²) < 4.78 is 16.1. The highest BCUT2D eigenvalue weighted by molar-refractivity contribution is 6.32. The predicted molar refractivity (Wildman–Crippen MR) is 136 cm³/mol. The molecule has 0 unspecified atom stereocenters. The molecule has 0 aromatic heterocycles. The van der Waals surface area contributed by atoms with Crippen LogP contribution in [0.3, 0.4) is 0 Å². The molecular formula is C28H26ClNO5. The number of carbonyl (C=O) groups is 2. The number of anilines is 1. The Kier molecular flexibility index (Phi) is 6.39. The predicted octanol–water partition coefficient (Wildman–Crippen LogP) is 6.12. The summed E-state index contributed by atoms with van der Waals surface area (Å²) in [6.45, 7) is 1.72. The van der Waals surface area contributed by atoms with Gasteiger partial charge in [0.25, 0.3) is 0 Å². The lowest BCUT2D eigenvalue weighted by Gasteiger charge is -2.35. The fourth-order valence-corrected chi connectivity index (χ4v) is 5.31. The lowest BCUT2D eigenvalue weighted by molar-refractivity contribution is -0.145. The Hall–Kier alpha value is -3.51. The quantitative estimate of drug-likeness (QED) is 0.419. The fourth-order valence-electron chi connectivity index (χ4n) is 5.03. The van der Waals surface area contributed by atoms with Crippen LogP contribution in [0.25, 0.3) is 16.3 Å². The number of ketones is 1. The second kappa shape index (κ2) is 9.62. The molecule has 0 fully saturated rings. The number of rotatable bonds is 6. The Balaban J connectivity index is 1.59. The highest BCUT2D eigenvalue weighted by atomic mass is 35.5. The molecule has 0 amide bonds. The van der Waals surface area contributed by atoms with Gasteiger partial charge in [0.05, 0.1) is 24.8 Å². The van der Waals surface area contributed by atoms with Crippen LogP contribution in [0, 0.1) is 0 Å². The highest BCUT2D eigenvalue weighted by Gasteiger charge is 2.35. The molecular weight excluding hydrogens is 466 g/mol. The van der Waals surface area contributed by atoms with E-state index in [1.807, 2.05) is 18.2 Å². The van der Waals surface area contributed by atoms with Crippen LogP contribution in [-0.4, -0.2) is 32.1 Å².